The minimum atomic E-state index is -0.461. The van der Waals surface area contributed by atoms with Gasteiger partial charge in [0.05, 0.1) is 0 Å². The van der Waals surface area contributed by atoms with Crippen LogP contribution in [0.15, 0.2) is 0 Å². The summed E-state index contributed by atoms with van der Waals surface area (Å²) in [6.07, 6.45) is 4.17. The molecule has 2 fully saturated rings. The first-order valence-electron chi connectivity index (χ1n) is 7.98. The molecule has 0 unspecified atom stereocenters. The summed E-state index contributed by atoms with van der Waals surface area (Å²) in [4.78, 5) is 14.1. The van der Waals surface area contributed by atoms with Gasteiger partial charge in [0.15, 0.2) is 0 Å². The third kappa shape index (κ3) is 4.09. The van der Waals surface area contributed by atoms with Crippen LogP contribution in [0, 0.1) is 0 Å². The second kappa shape index (κ2) is 6.02. The summed E-state index contributed by atoms with van der Waals surface area (Å²) in [7, 11) is 0. The lowest BCUT2D eigenvalue weighted by atomic mass is 10.1. The van der Waals surface area contributed by atoms with E-state index in [0.29, 0.717) is 5.92 Å². The van der Waals surface area contributed by atoms with Crippen LogP contribution in [0.2, 0.25) is 0 Å². The van der Waals surface area contributed by atoms with Crippen molar-refractivity contribution in [2.24, 2.45) is 0 Å². The van der Waals surface area contributed by atoms with E-state index < -0.39 is 5.60 Å². The normalized spacial score (nSPS) is 22.5. The highest BCUT2D eigenvalue weighted by atomic mass is 32.1. The van der Waals surface area contributed by atoms with Crippen molar-refractivity contribution in [1.29, 1.82) is 0 Å². The summed E-state index contributed by atoms with van der Waals surface area (Å²) < 4.78 is 5.33. The third-order valence-corrected chi connectivity index (χ3v) is 4.92. The van der Waals surface area contributed by atoms with Crippen LogP contribution in [-0.2, 0) is 4.74 Å². The Labute approximate surface area is 135 Å². The van der Waals surface area contributed by atoms with Gasteiger partial charge < -0.3 is 15.0 Å². The van der Waals surface area contributed by atoms with Gasteiger partial charge in [-0.2, -0.15) is 0 Å². The Morgan fingerprint density at radius 3 is 2.77 bits per heavy atom. The number of hydrogen-bond donors (Lipinski definition) is 1. The van der Waals surface area contributed by atoms with Crippen LogP contribution in [0.4, 0.5) is 9.93 Å². The molecule has 0 radical (unpaired) electrons. The third-order valence-electron chi connectivity index (χ3n) is 3.77. The lowest BCUT2D eigenvalue weighted by Gasteiger charge is -2.33. The molecule has 2 heterocycles. The molecular formula is C15H24N4O2S. The molecule has 1 amide bonds. The van der Waals surface area contributed by atoms with Crippen LogP contribution >= 0.6 is 11.3 Å². The zero-order chi connectivity index (χ0) is 15.7. The molecule has 1 aromatic rings. The van der Waals surface area contributed by atoms with E-state index in [9.17, 15) is 4.79 Å². The zero-order valence-corrected chi connectivity index (χ0v) is 14.3. The van der Waals surface area contributed by atoms with Crippen molar-refractivity contribution in [3.05, 3.63) is 5.01 Å². The highest BCUT2D eigenvalue weighted by molar-refractivity contribution is 7.15. The molecule has 1 N–H and O–H groups in total. The summed E-state index contributed by atoms with van der Waals surface area (Å²) in [6, 6.07) is 0.108. The standard InChI is InChI=1S/C15H24N4O2S/c1-15(2,3)21-14(20)16-11-5-4-8-19(9-11)13-18-17-12(22-13)10-6-7-10/h10-11H,4-9H2,1-3H3,(H,16,20)/t11-/m1/s1. The molecular weight excluding hydrogens is 300 g/mol. The van der Waals surface area contributed by atoms with Gasteiger partial charge in [0, 0.05) is 25.0 Å². The van der Waals surface area contributed by atoms with Crippen LogP contribution in [0.1, 0.15) is 57.4 Å². The molecule has 1 aromatic heterocycles. The number of piperidine rings is 1. The molecule has 0 aromatic carbocycles. The van der Waals surface area contributed by atoms with Crippen LogP contribution in [0.25, 0.3) is 0 Å². The van der Waals surface area contributed by atoms with E-state index in [1.54, 1.807) is 11.3 Å². The molecule has 0 spiro atoms. The second-order valence-corrected chi connectivity index (χ2v) is 8.12. The van der Waals surface area contributed by atoms with Gasteiger partial charge in [0.2, 0.25) is 5.13 Å². The number of carbonyl (C=O) groups is 1. The van der Waals surface area contributed by atoms with Crippen LogP contribution in [0.3, 0.4) is 0 Å². The first-order valence-corrected chi connectivity index (χ1v) is 8.80. The van der Waals surface area contributed by atoms with Crippen molar-refractivity contribution in [2.75, 3.05) is 18.0 Å². The molecule has 7 heteroatoms. The van der Waals surface area contributed by atoms with E-state index in [4.69, 9.17) is 4.74 Å². The van der Waals surface area contributed by atoms with Crippen LogP contribution < -0.4 is 10.2 Å². The Hall–Kier alpha value is -1.37. The van der Waals surface area contributed by atoms with Crippen molar-refractivity contribution in [3.8, 4) is 0 Å². The fourth-order valence-corrected chi connectivity index (χ4v) is 3.64. The second-order valence-electron chi connectivity index (χ2n) is 7.13. The monoisotopic (exact) mass is 324 g/mol. The maximum atomic E-state index is 11.9. The molecule has 1 saturated carbocycles. The first-order chi connectivity index (χ1) is 10.4. The number of nitrogens with zero attached hydrogens (tertiary/aromatic N) is 3. The predicted octanol–water partition coefficient (Wildman–Crippen LogP) is 2.91. The number of ether oxygens (including phenoxy) is 1. The highest BCUT2D eigenvalue weighted by Gasteiger charge is 2.30. The van der Waals surface area contributed by atoms with E-state index >= 15 is 0 Å². The lowest BCUT2D eigenvalue weighted by Crippen LogP contribution is -2.49. The number of amides is 1. The molecule has 122 valence electrons. The average molecular weight is 324 g/mol. The summed E-state index contributed by atoms with van der Waals surface area (Å²) in [6.45, 7) is 7.38. The van der Waals surface area contributed by atoms with Crippen LogP contribution in [0.5, 0.6) is 0 Å². The molecule has 1 saturated heterocycles. The van der Waals surface area contributed by atoms with Gasteiger partial charge in [0.1, 0.15) is 10.6 Å². The molecule has 1 aliphatic heterocycles. The molecule has 1 aliphatic carbocycles. The van der Waals surface area contributed by atoms with Crippen LogP contribution in [-0.4, -0.2) is 41.0 Å². The number of nitrogens with one attached hydrogen (secondary N) is 1. The van der Waals surface area contributed by atoms with Crippen molar-refractivity contribution in [2.45, 2.75) is 64.0 Å². The van der Waals surface area contributed by atoms with E-state index in [1.807, 2.05) is 20.8 Å². The number of carbonyl (C=O) groups excluding carboxylic acids is 1. The van der Waals surface area contributed by atoms with Gasteiger partial charge in [-0.15, -0.1) is 10.2 Å². The molecule has 0 bridgehead atoms. The Balaban J connectivity index is 1.55. The molecule has 2 aliphatic rings. The summed E-state index contributed by atoms with van der Waals surface area (Å²) in [5.41, 5.74) is -0.461. The van der Waals surface area contributed by atoms with Crippen molar-refractivity contribution in [3.63, 3.8) is 0 Å². The Kier molecular flexibility index (Phi) is 4.25. The lowest BCUT2D eigenvalue weighted by molar-refractivity contribution is 0.0500. The maximum absolute atomic E-state index is 11.9. The highest BCUT2D eigenvalue weighted by Crippen LogP contribution is 2.42. The molecule has 22 heavy (non-hydrogen) atoms. The number of rotatable bonds is 3. The van der Waals surface area contributed by atoms with Gasteiger partial charge in [-0.1, -0.05) is 11.3 Å². The van der Waals surface area contributed by atoms with Gasteiger partial charge in [-0.3, -0.25) is 0 Å². The average Bonchev–Trinajstić information content (AvgIpc) is 3.14. The molecule has 6 nitrogen and oxygen atoms in total. The maximum Gasteiger partial charge on any atom is 0.407 e. The van der Waals surface area contributed by atoms with Gasteiger partial charge in [-0.05, 0) is 46.5 Å². The van der Waals surface area contributed by atoms with Gasteiger partial charge >= 0.3 is 6.09 Å². The summed E-state index contributed by atoms with van der Waals surface area (Å²) >= 11 is 1.70. The number of alkyl carbamates (subject to hydrolysis) is 1. The minimum Gasteiger partial charge on any atom is -0.444 e. The quantitative estimate of drug-likeness (QED) is 0.926. The number of hydrogen-bond acceptors (Lipinski definition) is 6. The van der Waals surface area contributed by atoms with Crippen molar-refractivity contribution in [1.82, 2.24) is 15.5 Å². The Morgan fingerprint density at radius 2 is 2.09 bits per heavy atom. The van der Waals surface area contributed by atoms with E-state index in [1.165, 1.54) is 12.8 Å². The Morgan fingerprint density at radius 1 is 1.32 bits per heavy atom. The largest absolute Gasteiger partial charge is 0.444 e. The zero-order valence-electron chi connectivity index (χ0n) is 13.5. The topological polar surface area (TPSA) is 67.3 Å². The molecule has 1 atom stereocenters. The van der Waals surface area contributed by atoms with Gasteiger partial charge in [-0.25, -0.2) is 4.79 Å². The molecule has 3 rings (SSSR count). The smallest absolute Gasteiger partial charge is 0.407 e. The predicted molar refractivity (Wildman–Crippen MR) is 86.5 cm³/mol. The number of aromatic nitrogens is 2. The number of anilines is 1. The minimum absolute atomic E-state index is 0.108. The van der Waals surface area contributed by atoms with E-state index in [-0.39, 0.29) is 12.1 Å². The first kappa shape index (κ1) is 15.5. The summed E-state index contributed by atoms with van der Waals surface area (Å²) in [5.74, 6) is 0.645. The van der Waals surface area contributed by atoms with Crippen molar-refractivity contribution < 1.29 is 9.53 Å². The van der Waals surface area contributed by atoms with Gasteiger partial charge in [0.25, 0.3) is 0 Å². The van der Waals surface area contributed by atoms with E-state index in [0.717, 1.165) is 36.1 Å². The fraction of sp³-hybridized carbons (Fsp3) is 0.800. The van der Waals surface area contributed by atoms with E-state index in [2.05, 4.69) is 20.4 Å². The Bertz CT molecular complexity index is 536. The SMILES string of the molecule is CC(C)(C)OC(=O)N[C@@H]1CCCN(c2nnc(C3CC3)s2)C1. The fourth-order valence-electron chi connectivity index (χ4n) is 2.59. The van der Waals surface area contributed by atoms with Crippen molar-refractivity contribution >= 4 is 22.6 Å². The summed E-state index contributed by atoms with van der Waals surface area (Å²) in [5, 5.41) is 13.7.